The predicted octanol–water partition coefficient (Wildman–Crippen LogP) is 4.55. The van der Waals surface area contributed by atoms with Crippen LogP contribution in [0.1, 0.15) is 29.5 Å². The van der Waals surface area contributed by atoms with Gasteiger partial charge in [0.2, 0.25) is 0 Å². The van der Waals surface area contributed by atoms with Crippen LogP contribution in [0.3, 0.4) is 0 Å². The fraction of sp³-hybridized carbons (Fsp3) is 0.250. The molecule has 0 saturated carbocycles. The zero-order chi connectivity index (χ0) is 15.5. The summed E-state index contributed by atoms with van der Waals surface area (Å²) in [6.45, 7) is 2.12. The molecule has 0 aromatic heterocycles. The molecule has 0 radical (unpaired) electrons. The number of hydrogen-bond acceptors (Lipinski definition) is 2. The van der Waals surface area contributed by atoms with Gasteiger partial charge in [-0.05, 0) is 65.6 Å². The maximum absolute atomic E-state index is 11.6. The number of esters is 1. The normalized spacial score (nSPS) is 15.5. The topological polar surface area (TPSA) is 26.3 Å². The molecule has 2 nitrogen and oxygen atoms in total. The van der Waals surface area contributed by atoms with E-state index in [4.69, 9.17) is 4.74 Å². The van der Waals surface area contributed by atoms with Gasteiger partial charge in [-0.25, -0.2) is 4.79 Å². The summed E-state index contributed by atoms with van der Waals surface area (Å²) in [4.78, 5) is 11.6. The number of rotatable bonds is 2. The second kappa shape index (κ2) is 6.18. The molecule has 0 N–H and O–H groups in total. The first kappa shape index (κ1) is 14.6. The Morgan fingerprint density at radius 1 is 1.09 bits per heavy atom. The number of methoxy groups -OCH3 is 1. The summed E-state index contributed by atoms with van der Waals surface area (Å²) in [6.07, 6.45) is 4.72. The van der Waals surface area contributed by atoms with Crippen LogP contribution in [0.4, 0.5) is 0 Å². The number of carbonyl (C=O) groups excluding carboxylic acids is 1. The highest BCUT2D eigenvalue weighted by Gasteiger charge is 2.16. The van der Waals surface area contributed by atoms with E-state index in [1.165, 1.54) is 34.9 Å². The highest BCUT2D eigenvalue weighted by atomic mass is 16.5. The van der Waals surface area contributed by atoms with Crippen molar-refractivity contribution in [1.82, 2.24) is 0 Å². The highest BCUT2D eigenvalue weighted by molar-refractivity contribution is 5.92. The monoisotopic (exact) mass is 292 g/mol. The molecule has 3 rings (SSSR count). The molecule has 22 heavy (non-hydrogen) atoms. The molecule has 0 heterocycles. The molecular weight excluding hydrogens is 272 g/mol. The number of carbonyl (C=O) groups is 1. The van der Waals surface area contributed by atoms with Gasteiger partial charge in [0.05, 0.1) is 7.11 Å². The van der Waals surface area contributed by atoms with Crippen molar-refractivity contribution in [3.8, 4) is 11.1 Å². The van der Waals surface area contributed by atoms with Crippen molar-refractivity contribution in [2.24, 2.45) is 0 Å². The van der Waals surface area contributed by atoms with E-state index in [1.807, 2.05) is 0 Å². The Hall–Kier alpha value is -2.35. The second-order valence-electron chi connectivity index (χ2n) is 5.73. The van der Waals surface area contributed by atoms with Gasteiger partial charge in [0, 0.05) is 6.08 Å². The zero-order valence-corrected chi connectivity index (χ0v) is 13.1. The lowest BCUT2D eigenvalue weighted by molar-refractivity contribution is -0.134. The van der Waals surface area contributed by atoms with Crippen LogP contribution in [-0.4, -0.2) is 13.1 Å². The Kier molecular flexibility index (Phi) is 4.10. The number of allylic oxidation sites excluding steroid dienone is 1. The van der Waals surface area contributed by atoms with Crippen molar-refractivity contribution < 1.29 is 9.53 Å². The molecule has 0 amide bonds. The quantitative estimate of drug-likeness (QED) is 0.599. The summed E-state index contributed by atoms with van der Waals surface area (Å²) in [5.74, 6) is -0.274. The first-order chi connectivity index (χ1) is 10.7. The molecule has 2 aromatic carbocycles. The van der Waals surface area contributed by atoms with Gasteiger partial charge in [-0.1, -0.05) is 36.4 Å². The molecule has 0 atom stereocenters. The van der Waals surface area contributed by atoms with Crippen molar-refractivity contribution >= 4 is 11.5 Å². The maximum atomic E-state index is 11.6. The van der Waals surface area contributed by atoms with Crippen LogP contribution in [-0.2, 0) is 16.0 Å². The standard InChI is InChI=1S/C20H20O2/c1-14-6-3-4-9-18(14)17-11-10-15-7-5-8-16(19(15)12-17)13-20(21)22-2/h3-4,6,9-13H,5,7-8H2,1-2H3/b16-13+. The van der Waals surface area contributed by atoms with Crippen LogP contribution in [0.15, 0.2) is 48.5 Å². The van der Waals surface area contributed by atoms with E-state index in [1.54, 1.807) is 6.08 Å². The second-order valence-corrected chi connectivity index (χ2v) is 5.73. The van der Waals surface area contributed by atoms with Gasteiger partial charge >= 0.3 is 5.97 Å². The SMILES string of the molecule is COC(=O)/C=C1\CCCc2ccc(-c3ccccc3C)cc21. The fourth-order valence-corrected chi connectivity index (χ4v) is 3.11. The summed E-state index contributed by atoms with van der Waals surface area (Å²) in [5, 5.41) is 0. The average molecular weight is 292 g/mol. The molecule has 2 aromatic rings. The maximum Gasteiger partial charge on any atom is 0.330 e. The van der Waals surface area contributed by atoms with Gasteiger partial charge in [0.15, 0.2) is 0 Å². The largest absolute Gasteiger partial charge is 0.466 e. The van der Waals surface area contributed by atoms with Gasteiger partial charge in [-0.2, -0.15) is 0 Å². The number of benzene rings is 2. The number of hydrogen-bond donors (Lipinski definition) is 0. The third kappa shape index (κ3) is 2.82. The van der Waals surface area contributed by atoms with E-state index in [0.717, 1.165) is 24.8 Å². The number of aryl methyl sites for hydroxylation is 2. The minimum Gasteiger partial charge on any atom is -0.466 e. The van der Waals surface area contributed by atoms with E-state index in [2.05, 4.69) is 49.4 Å². The predicted molar refractivity (Wildman–Crippen MR) is 89.5 cm³/mol. The molecule has 0 aliphatic heterocycles. The number of ether oxygens (including phenoxy) is 1. The van der Waals surface area contributed by atoms with Gasteiger partial charge < -0.3 is 4.74 Å². The fourth-order valence-electron chi connectivity index (χ4n) is 3.11. The minimum absolute atomic E-state index is 0.274. The third-order valence-electron chi connectivity index (χ3n) is 4.30. The Labute approximate surface area is 131 Å². The molecule has 0 bridgehead atoms. The Morgan fingerprint density at radius 3 is 2.68 bits per heavy atom. The summed E-state index contributed by atoms with van der Waals surface area (Å²) in [5.41, 5.74) is 7.30. The molecule has 0 unspecified atom stereocenters. The van der Waals surface area contributed by atoms with Crippen molar-refractivity contribution in [1.29, 1.82) is 0 Å². The smallest absolute Gasteiger partial charge is 0.330 e. The van der Waals surface area contributed by atoms with E-state index in [0.29, 0.717) is 0 Å². The lowest BCUT2D eigenvalue weighted by atomic mass is 9.85. The summed E-state index contributed by atoms with van der Waals surface area (Å²) < 4.78 is 4.79. The molecule has 1 aliphatic carbocycles. The lowest BCUT2D eigenvalue weighted by Gasteiger charge is -2.20. The average Bonchev–Trinajstić information content (AvgIpc) is 2.55. The van der Waals surface area contributed by atoms with Crippen LogP contribution >= 0.6 is 0 Å². The first-order valence-electron chi connectivity index (χ1n) is 7.67. The Balaban J connectivity index is 2.08. The Morgan fingerprint density at radius 2 is 1.91 bits per heavy atom. The first-order valence-corrected chi connectivity index (χ1v) is 7.67. The molecule has 0 fully saturated rings. The van der Waals surface area contributed by atoms with Gasteiger partial charge in [0.1, 0.15) is 0 Å². The van der Waals surface area contributed by atoms with Crippen LogP contribution in [0.2, 0.25) is 0 Å². The van der Waals surface area contributed by atoms with Crippen molar-refractivity contribution in [3.63, 3.8) is 0 Å². The molecule has 2 heteroatoms. The molecular formula is C20H20O2. The highest BCUT2D eigenvalue weighted by Crippen LogP contribution is 2.34. The Bertz CT molecular complexity index is 741. The van der Waals surface area contributed by atoms with Crippen molar-refractivity contribution in [2.75, 3.05) is 7.11 Å². The third-order valence-corrected chi connectivity index (χ3v) is 4.30. The van der Waals surface area contributed by atoms with Crippen LogP contribution < -0.4 is 0 Å². The van der Waals surface area contributed by atoms with Gasteiger partial charge in [-0.15, -0.1) is 0 Å². The number of fused-ring (bicyclic) bond motifs is 1. The van der Waals surface area contributed by atoms with Gasteiger partial charge in [0.25, 0.3) is 0 Å². The van der Waals surface area contributed by atoms with E-state index in [-0.39, 0.29) is 5.97 Å². The molecule has 112 valence electrons. The van der Waals surface area contributed by atoms with Crippen molar-refractivity contribution in [2.45, 2.75) is 26.2 Å². The minimum atomic E-state index is -0.274. The molecule has 0 spiro atoms. The summed E-state index contributed by atoms with van der Waals surface area (Å²) >= 11 is 0. The molecule has 1 aliphatic rings. The van der Waals surface area contributed by atoms with Crippen LogP contribution in [0, 0.1) is 6.92 Å². The zero-order valence-electron chi connectivity index (χ0n) is 13.1. The van der Waals surface area contributed by atoms with Crippen LogP contribution in [0.5, 0.6) is 0 Å². The summed E-state index contributed by atoms with van der Waals surface area (Å²) in [7, 11) is 1.42. The molecule has 0 saturated heterocycles. The van der Waals surface area contributed by atoms with Crippen molar-refractivity contribution in [3.05, 3.63) is 65.2 Å². The van der Waals surface area contributed by atoms with Crippen LogP contribution in [0.25, 0.3) is 16.7 Å². The van der Waals surface area contributed by atoms with Gasteiger partial charge in [-0.3, -0.25) is 0 Å². The lowest BCUT2D eigenvalue weighted by Crippen LogP contribution is -2.05. The van der Waals surface area contributed by atoms with E-state index >= 15 is 0 Å². The van der Waals surface area contributed by atoms with E-state index in [9.17, 15) is 4.79 Å². The van der Waals surface area contributed by atoms with E-state index < -0.39 is 0 Å². The summed E-state index contributed by atoms with van der Waals surface area (Å²) in [6, 6.07) is 15.0.